The summed E-state index contributed by atoms with van der Waals surface area (Å²) in [6, 6.07) is -0.717. The first-order chi connectivity index (χ1) is 33.0. The highest BCUT2D eigenvalue weighted by Gasteiger charge is 2.24. The number of amides is 1. The number of ether oxygens (including phenoxy) is 1. The van der Waals surface area contributed by atoms with Crippen molar-refractivity contribution >= 4 is 11.9 Å². The van der Waals surface area contributed by atoms with E-state index in [1.54, 1.807) is 0 Å². The van der Waals surface area contributed by atoms with Crippen molar-refractivity contribution < 1.29 is 24.5 Å². The molecule has 67 heavy (non-hydrogen) atoms. The molecule has 0 aromatic rings. The lowest BCUT2D eigenvalue weighted by molar-refractivity contribution is -0.151. The zero-order chi connectivity index (χ0) is 48.8. The number of aliphatic hydroxyl groups is 2. The molecule has 0 rings (SSSR count). The molecule has 1 amide bonds. The molecule has 3 N–H and O–H groups in total. The average Bonchev–Trinajstić information content (AvgIpc) is 3.32. The fourth-order valence-corrected chi connectivity index (χ4v) is 8.66. The van der Waals surface area contributed by atoms with Gasteiger partial charge in [0.15, 0.2) is 0 Å². The van der Waals surface area contributed by atoms with Crippen LogP contribution in [0, 0.1) is 0 Å². The Labute approximate surface area is 416 Å². The first-order valence-corrected chi connectivity index (χ1v) is 29.0. The van der Waals surface area contributed by atoms with Gasteiger partial charge in [-0.2, -0.15) is 0 Å². The van der Waals surface area contributed by atoms with Crippen LogP contribution in [-0.2, 0) is 14.3 Å². The van der Waals surface area contributed by atoms with E-state index in [1.807, 2.05) is 0 Å². The van der Waals surface area contributed by atoms with Gasteiger partial charge in [0.1, 0.15) is 6.10 Å². The molecule has 0 spiro atoms. The summed E-state index contributed by atoms with van der Waals surface area (Å²) >= 11 is 0. The number of unbranched alkanes of at least 4 members (excludes halogenated alkanes) is 31. The van der Waals surface area contributed by atoms with E-state index in [0.29, 0.717) is 19.3 Å². The smallest absolute Gasteiger partial charge is 0.306 e. The maximum Gasteiger partial charge on any atom is 0.306 e. The largest absolute Gasteiger partial charge is 0.462 e. The van der Waals surface area contributed by atoms with E-state index in [-0.39, 0.29) is 24.9 Å². The second-order valence-electron chi connectivity index (χ2n) is 19.7. The van der Waals surface area contributed by atoms with E-state index in [4.69, 9.17) is 4.74 Å². The first kappa shape index (κ1) is 64.6. The number of hydrogen-bond donors (Lipinski definition) is 3. The zero-order valence-corrected chi connectivity index (χ0v) is 44.5. The molecule has 390 valence electrons. The van der Waals surface area contributed by atoms with Crippen LogP contribution in [-0.4, -0.2) is 46.9 Å². The van der Waals surface area contributed by atoms with Crippen LogP contribution in [0.15, 0.2) is 60.8 Å². The molecule has 6 heteroatoms. The van der Waals surface area contributed by atoms with E-state index < -0.39 is 18.2 Å². The molecule has 0 saturated heterocycles. The van der Waals surface area contributed by atoms with Crippen LogP contribution in [0.4, 0.5) is 0 Å². The third-order valence-corrected chi connectivity index (χ3v) is 13.1. The number of carbonyl (C=O) groups excluding carboxylic acids is 2. The van der Waals surface area contributed by atoms with Crippen molar-refractivity contribution in [3.8, 4) is 0 Å². The minimum absolute atomic E-state index is 0.0517. The number of nitrogens with one attached hydrogen (secondary N) is 1. The summed E-state index contributed by atoms with van der Waals surface area (Å²) in [4.78, 5) is 26.3. The molecule has 0 aromatic carbocycles. The number of allylic oxidation sites excluding steroid dienone is 10. The number of aliphatic hydroxyl groups excluding tert-OH is 2. The van der Waals surface area contributed by atoms with Crippen molar-refractivity contribution in [3.63, 3.8) is 0 Å². The van der Waals surface area contributed by atoms with E-state index in [9.17, 15) is 19.8 Å². The SMILES string of the molecule is CCCCC/C=C\C/C=C\C/C=C\CCCCCCC(CC(=O)NC(CO)C(O)CCCCCCCCCCCCCCCCC)OC(=O)CCCCC/C=C/C=C/CCCCCCCCC. The highest BCUT2D eigenvalue weighted by molar-refractivity contribution is 5.77. The van der Waals surface area contributed by atoms with Gasteiger partial charge >= 0.3 is 5.97 Å². The molecule has 3 unspecified atom stereocenters. The monoisotopic (exact) mass is 938 g/mol. The normalized spacial score (nSPS) is 13.6. The van der Waals surface area contributed by atoms with Crippen LogP contribution in [0.3, 0.4) is 0 Å². The molecular weight excluding hydrogens is 827 g/mol. The van der Waals surface area contributed by atoms with E-state index in [1.165, 1.54) is 148 Å². The Morgan fingerprint density at radius 2 is 0.806 bits per heavy atom. The van der Waals surface area contributed by atoms with Crippen molar-refractivity contribution in [1.29, 1.82) is 0 Å². The summed E-state index contributed by atoms with van der Waals surface area (Å²) in [7, 11) is 0. The molecule has 3 atom stereocenters. The summed E-state index contributed by atoms with van der Waals surface area (Å²) in [5.74, 6) is -0.520. The summed E-state index contributed by atoms with van der Waals surface area (Å²) in [6.07, 6.45) is 68.5. The maximum atomic E-state index is 13.3. The lowest BCUT2D eigenvalue weighted by Crippen LogP contribution is -2.46. The van der Waals surface area contributed by atoms with Crippen molar-refractivity contribution in [1.82, 2.24) is 5.32 Å². The first-order valence-electron chi connectivity index (χ1n) is 29.0. The standard InChI is InChI=1S/C61H111NO5/c1-4-7-10-13-16-19-22-25-28-30-32-34-37-40-43-46-49-52-57(67-61(66)54-51-48-45-42-39-36-33-29-26-23-20-17-14-11-8-5-2)55-60(65)62-58(56-63)59(64)53-50-47-44-41-38-35-31-27-24-21-18-15-12-9-6-3/h16,19,25,28-29,32-34,36,39,57-59,63-64H,4-15,17-18,20-24,26-27,30-31,35,37-38,40-56H2,1-3H3,(H,62,65)/b19-16-,28-25-,33-29+,34-32-,39-36+. The lowest BCUT2D eigenvalue weighted by Gasteiger charge is -2.24. The minimum atomic E-state index is -0.801. The summed E-state index contributed by atoms with van der Waals surface area (Å²) < 4.78 is 5.94. The van der Waals surface area contributed by atoms with Gasteiger partial charge in [0.05, 0.1) is 25.2 Å². The van der Waals surface area contributed by atoms with Crippen molar-refractivity contribution in [2.24, 2.45) is 0 Å². The molecule has 0 aromatic heterocycles. The Hall–Kier alpha value is -2.44. The fourth-order valence-electron chi connectivity index (χ4n) is 8.66. The van der Waals surface area contributed by atoms with Gasteiger partial charge in [0.2, 0.25) is 5.91 Å². The summed E-state index contributed by atoms with van der Waals surface area (Å²) in [5, 5.41) is 23.9. The number of carbonyl (C=O) groups is 2. The van der Waals surface area contributed by atoms with Gasteiger partial charge < -0.3 is 20.3 Å². The predicted molar refractivity (Wildman–Crippen MR) is 292 cm³/mol. The van der Waals surface area contributed by atoms with E-state index >= 15 is 0 Å². The maximum absolute atomic E-state index is 13.3. The lowest BCUT2D eigenvalue weighted by atomic mass is 10.0. The topological polar surface area (TPSA) is 95.9 Å². The Bertz CT molecular complexity index is 1190. The van der Waals surface area contributed by atoms with Crippen LogP contribution >= 0.6 is 0 Å². The van der Waals surface area contributed by atoms with Crippen molar-refractivity contribution in [3.05, 3.63) is 60.8 Å². The van der Waals surface area contributed by atoms with E-state index in [0.717, 1.165) is 96.3 Å². The number of hydrogen-bond acceptors (Lipinski definition) is 5. The van der Waals surface area contributed by atoms with Crippen LogP contribution in [0.5, 0.6) is 0 Å². The second-order valence-corrected chi connectivity index (χ2v) is 19.7. The quantitative estimate of drug-likeness (QED) is 0.0244. The Kier molecular flexibility index (Phi) is 52.5. The van der Waals surface area contributed by atoms with Gasteiger partial charge in [-0.1, -0.05) is 248 Å². The van der Waals surface area contributed by atoms with Gasteiger partial charge in [-0.15, -0.1) is 0 Å². The number of esters is 1. The highest BCUT2D eigenvalue weighted by atomic mass is 16.5. The predicted octanol–water partition coefficient (Wildman–Crippen LogP) is 18.0. The molecule has 0 saturated carbocycles. The van der Waals surface area contributed by atoms with Crippen molar-refractivity contribution in [2.75, 3.05) is 6.61 Å². The second kappa shape index (κ2) is 54.5. The Balaban J connectivity index is 4.65. The summed E-state index contributed by atoms with van der Waals surface area (Å²) in [5.41, 5.74) is 0. The molecule has 6 nitrogen and oxygen atoms in total. The van der Waals surface area contributed by atoms with Crippen LogP contribution in [0.2, 0.25) is 0 Å². The van der Waals surface area contributed by atoms with Crippen molar-refractivity contribution in [2.45, 2.75) is 309 Å². The van der Waals surface area contributed by atoms with Crippen LogP contribution in [0.1, 0.15) is 290 Å². The van der Waals surface area contributed by atoms with Gasteiger partial charge in [-0.3, -0.25) is 9.59 Å². The molecule has 0 bridgehead atoms. The molecule has 0 aliphatic carbocycles. The molecule has 0 fully saturated rings. The van der Waals surface area contributed by atoms with Gasteiger partial charge in [0.25, 0.3) is 0 Å². The van der Waals surface area contributed by atoms with Crippen LogP contribution < -0.4 is 5.32 Å². The fraction of sp³-hybridized carbons (Fsp3) is 0.803. The Morgan fingerprint density at radius 1 is 0.448 bits per heavy atom. The average molecular weight is 939 g/mol. The minimum Gasteiger partial charge on any atom is -0.462 e. The molecule has 0 aliphatic heterocycles. The third-order valence-electron chi connectivity index (χ3n) is 13.1. The summed E-state index contributed by atoms with van der Waals surface area (Å²) in [6.45, 7) is 6.46. The zero-order valence-electron chi connectivity index (χ0n) is 44.5. The molecular formula is C61H111NO5. The van der Waals surface area contributed by atoms with Gasteiger partial charge in [0, 0.05) is 6.42 Å². The van der Waals surface area contributed by atoms with Gasteiger partial charge in [-0.25, -0.2) is 0 Å². The van der Waals surface area contributed by atoms with Gasteiger partial charge in [-0.05, 0) is 89.9 Å². The van der Waals surface area contributed by atoms with E-state index in [2.05, 4.69) is 86.8 Å². The number of rotatable bonds is 52. The van der Waals surface area contributed by atoms with Crippen LogP contribution in [0.25, 0.3) is 0 Å². The highest BCUT2D eigenvalue weighted by Crippen LogP contribution is 2.18. The third kappa shape index (κ3) is 49.8. The molecule has 0 aliphatic rings. The Morgan fingerprint density at radius 3 is 1.27 bits per heavy atom. The molecule has 0 radical (unpaired) electrons. The molecule has 0 heterocycles.